The van der Waals surface area contributed by atoms with Crippen LogP contribution in [0.15, 0.2) is 213 Å². The van der Waals surface area contributed by atoms with Crippen molar-refractivity contribution in [1.82, 2.24) is 34.9 Å². The van der Waals surface area contributed by atoms with Crippen LogP contribution >= 0.6 is 0 Å². The first-order valence-electron chi connectivity index (χ1n) is 19.7. The molecule has 3 aromatic carbocycles. The highest BCUT2D eigenvalue weighted by Crippen LogP contribution is 2.40. The average molecular weight is 770 g/mol. The van der Waals surface area contributed by atoms with Crippen molar-refractivity contribution < 1.29 is 0 Å². The highest BCUT2D eigenvalue weighted by Gasteiger charge is 2.19. The summed E-state index contributed by atoms with van der Waals surface area (Å²) in [4.78, 5) is 34.6. The Balaban J connectivity index is 1.17. The molecule has 0 saturated heterocycles. The second-order valence-electron chi connectivity index (χ2n) is 14.1. The van der Waals surface area contributed by atoms with Crippen LogP contribution in [0.4, 0.5) is 0 Å². The fourth-order valence-electron chi connectivity index (χ4n) is 7.50. The van der Waals surface area contributed by atoms with Crippen molar-refractivity contribution >= 4 is 0 Å². The zero-order chi connectivity index (χ0) is 40.1. The van der Waals surface area contributed by atoms with Crippen LogP contribution < -0.4 is 0 Å². The fraction of sp³-hybridized carbons (Fsp3) is 0. The molecular formula is C53H35N7. The number of nitrogens with zero attached hydrogens (tertiary/aromatic N) is 7. The molecule has 0 bridgehead atoms. The van der Waals surface area contributed by atoms with Crippen molar-refractivity contribution in [2.24, 2.45) is 0 Å². The molecule has 7 heteroatoms. The zero-order valence-corrected chi connectivity index (χ0v) is 32.3. The Morgan fingerprint density at radius 1 is 0.200 bits per heavy atom. The van der Waals surface area contributed by atoms with E-state index in [0.717, 1.165) is 102 Å². The molecule has 0 spiro atoms. The first kappa shape index (κ1) is 36.1. The van der Waals surface area contributed by atoms with E-state index in [4.69, 9.17) is 19.9 Å². The van der Waals surface area contributed by atoms with E-state index in [9.17, 15) is 0 Å². The SMILES string of the molecule is c1ccc(-c2cccc(-c3ccccc3-c3cc(-c4ccccc4-c4cccc(-c5ccccn5)n4)nc(-c4ccccc4-c4cccc(-c5ccccn5)n4)c3)n2)nc1. The third kappa shape index (κ3) is 7.35. The summed E-state index contributed by atoms with van der Waals surface area (Å²) in [5, 5.41) is 0. The smallest absolute Gasteiger partial charge is 0.0893 e. The minimum Gasteiger partial charge on any atom is -0.255 e. The monoisotopic (exact) mass is 769 g/mol. The molecular weight excluding hydrogens is 735 g/mol. The topological polar surface area (TPSA) is 90.2 Å². The van der Waals surface area contributed by atoms with Gasteiger partial charge in [0.15, 0.2) is 0 Å². The Bertz CT molecular complexity index is 2750. The van der Waals surface area contributed by atoms with Crippen molar-refractivity contribution in [1.29, 1.82) is 0 Å². The number of hydrogen-bond donors (Lipinski definition) is 0. The highest BCUT2D eigenvalue weighted by atomic mass is 14.8. The number of aromatic nitrogens is 7. The summed E-state index contributed by atoms with van der Waals surface area (Å²) in [6.07, 6.45) is 5.37. The van der Waals surface area contributed by atoms with Crippen LogP contribution in [0.2, 0.25) is 0 Å². The number of benzene rings is 3. The molecule has 0 radical (unpaired) electrons. The van der Waals surface area contributed by atoms with E-state index in [1.165, 1.54) is 0 Å². The first-order chi connectivity index (χ1) is 29.7. The van der Waals surface area contributed by atoms with Crippen LogP contribution in [-0.4, -0.2) is 34.9 Å². The number of hydrogen-bond acceptors (Lipinski definition) is 7. The van der Waals surface area contributed by atoms with Gasteiger partial charge in [-0.1, -0.05) is 109 Å². The zero-order valence-electron chi connectivity index (χ0n) is 32.3. The van der Waals surface area contributed by atoms with Gasteiger partial charge in [-0.15, -0.1) is 0 Å². The van der Waals surface area contributed by atoms with Crippen LogP contribution in [0, 0.1) is 0 Å². The van der Waals surface area contributed by atoms with Gasteiger partial charge in [0.1, 0.15) is 0 Å². The molecule has 0 unspecified atom stereocenters. The third-order valence-corrected chi connectivity index (χ3v) is 10.3. The van der Waals surface area contributed by atoms with Crippen molar-refractivity contribution in [3.63, 3.8) is 0 Å². The minimum absolute atomic E-state index is 0.800. The summed E-state index contributed by atoms with van der Waals surface area (Å²) in [6.45, 7) is 0. The van der Waals surface area contributed by atoms with Gasteiger partial charge in [0.2, 0.25) is 0 Å². The van der Waals surface area contributed by atoms with Crippen LogP contribution in [0.25, 0.3) is 102 Å². The molecule has 0 fully saturated rings. The molecule has 0 aliphatic heterocycles. The fourth-order valence-corrected chi connectivity index (χ4v) is 7.50. The summed E-state index contributed by atoms with van der Waals surface area (Å²) >= 11 is 0. The summed E-state index contributed by atoms with van der Waals surface area (Å²) < 4.78 is 0. The van der Waals surface area contributed by atoms with Gasteiger partial charge in [0, 0.05) is 46.4 Å². The quantitative estimate of drug-likeness (QED) is 0.144. The van der Waals surface area contributed by atoms with Gasteiger partial charge in [-0.2, -0.15) is 0 Å². The lowest BCUT2D eigenvalue weighted by molar-refractivity contribution is 1.24. The molecule has 7 aromatic heterocycles. The van der Waals surface area contributed by atoms with Gasteiger partial charge >= 0.3 is 0 Å². The standard InChI is InChI=1S/C53H35N7/c1-2-17-38(43-25-13-28-49(57-43)46-22-7-10-31-54-46)37(16-1)36-34-52(41-20-5-3-18-39(41)44-26-14-29-50(58-44)47-23-8-11-32-55-47)60-53(35-36)42-21-6-4-19-40(42)45-27-15-30-51(59-45)48-24-9-12-33-56-48/h1-35H. The summed E-state index contributed by atoms with van der Waals surface area (Å²) in [5.41, 5.74) is 15.8. The van der Waals surface area contributed by atoms with E-state index in [0.29, 0.717) is 0 Å². The minimum atomic E-state index is 0.800. The largest absolute Gasteiger partial charge is 0.255 e. The Morgan fingerprint density at radius 3 is 0.817 bits per heavy atom. The van der Waals surface area contributed by atoms with E-state index in [2.05, 4.69) is 93.8 Å². The predicted octanol–water partition coefficient (Wildman–Crippen LogP) is 12.5. The second kappa shape index (κ2) is 16.3. The lowest BCUT2D eigenvalue weighted by Crippen LogP contribution is -1.97. The molecule has 0 N–H and O–H groups in total. The predicted molar refractivity (Wildman–Crippen MR) is 240 cm³/mol. The summed E-state index contributed by atoms with van der Waals surface area (Å²) in [5.74, 6) is 0. The van der Waals surface area contributed by atoms with E-state index >= 15 is 0 Å². The molecule has 0 atom stereocenters. The lowest BCUT2D eigenvalue weighted by atomic mass is 9.92. The normalized spacial score (nSPS) is 11.0. The molecule has 10 aromatic rings. The Kier molecular flexibility index (Phi) is 9.79. The van der Waals surface area contributed by atoms with E-state index < -0.39 is 0 Å². The van der Waals surface area contributed by atoms with E-state index in [1.54, 1.807) is 18.6 Å². The molecule has 0 saturated carbocycles. The summed E-state index contributed by atoms with van der Waals surface area (Å²) in [7, 11) is 0. The average Bonchev–Trinajstić information content (AvgIpc) is 3.35. The maximum atomic E-state index is 5.48. The number of pyridine rings is 7. The van der Waals surface area contributed by atoms with Crippen LogP contribution in [-0.2, 0) is 0 Å². The van der Waals surface area contributed by atoms with E-state index in [1.807, 2.05) is 115 Å². The van der Waals surface area contributed by atoms with Gasteiger partial charge in [-0.3, -0.25) is 15.0 Å². The van der Waals surface area contributed by atoms with Gasteiger partial charge in [-0.05, 0) is 96.1 Å². The molecule has 60 heavy (non-hydrogen) atoms. The third-order valence-electron chi connectivity index (χ3n) is 10.3. The van der Waals surface area contributed by atoms with Crippen LogP contribution in [0.1, 0.15) is 0 Å². The van der Waals surface area contributed by atoms with Gasteiger partial charge in [-0.25, -0.2) is 19.9 Å². The maximum Gasteiger partial charge on any atom is 0.0893 e. The maximum absolute atomic E-state index is 5.48. The Morgan fingerprint density at radius 2 is 0.467 bits per heavy atom. The molecule has 282 valence electrons. The second-order valence-corrected chi connectivity index (χ2v) is 14.1. The molecule has 0 amide bonds. The lowest BCUT2D eigenvalue weighted by Gasteiger charge is -2.17. The van der Waals surface area contributed by atoms with Crippen LogP contribution in [0.5, 0.6) is 0 Å². The molecule has 0 aliphatic carbocycles. The van der Waals surface area contributed by atoms with Gasteiger partial charge < -0.3 is 0 Å². The van der Waals surface area contributed by atoms with Crippen molar-refractivity contribution in [3.05, 3.63) is 213 Å². The molecule has 10 rings (SSSR count). The molecule has 0 aliphatic rings. The number of rotatable bonds is 9. The van der Waals surface area contributed by atoms with Crippen molar-refractivity contribution in [2.45, 2.75) is 0 Å². The molecule has 7 nitrogen and oxygen atoms in total. The van der Waals surface area contributed by atoms with Gasteiger partial charge in [0.25, 0.3) is 0 Å². The van der Waals surface area contributed by atoms with Gasteiger partial charge in [0.05, 0.1) is 62.6 Å². The summed E-state index contributed by atoms with van der Waals surface area (Å²) in [6, 6.07) is 65.3. The van der Waals surface area contributed by atoms with E-state index in [-0.39, 0.29) is 0 Å². The first-order valence-corrected chi connectivity index (χ1v) is 19.7. The highest BCUT2D eigenvalue weighted by molar-refractivity contribution is 5.91. The Hall–Kier alpha value is -8.29. The van der Waals surface area contributed by atoms with Crippen molar-refractivity contribution in [2.75, 3.05) is 0 Å². The van der Waals surface area contributed by atoms with Crippen molar-refractivity contribution in [3.8, 4) is 102 Å². The Labute approximate surface area is 347 Å². The molecule has 7 heterocycles. The van der Waals surface area contributed by atoms with Crippen LogP contribution in [0.3, 0.4) is 0 Å².